The molecule has 0 unspecified atom stereocenters. The molecule has 0 fully saturated rings. The number of hydrogen-bond acceptors (Lipinski definition) is 2. The predicted molar refractivity (Wildman–Crippen MR) is 221 cm³/mol. The smallest absolute Gasteiger partial charge is 0.137 e. The summed E-state index contributed by atoms with van der Waals surface area (Å²) < 4.78 is 6.47. The van der Waals surface area contributed by atoms with Gasteiger partial charge in [-0.1, -0.05) is 136 Å². The van der Waals surface area contributed by atoms with Crippen molar-refractivity contribution in [2.75, 3.05) is 4.90 Å². The van der Waals surface area contributed by atoms with Crippen LogP contribution in [0, 0.1) is 0 Å². The fourth-order valence-electron chi connectivity index (χ4n) is 9.24. The van der Waals surface area contributed by atoms with Crippen molar-refractivity contribution in [3.8, 4) is 22.3 Å². The molecule has 0 saturated heterocycles. The zero-order valence-corrected chi connectivity index (χ0v) is 32.3. The quantitative estimate of drug-likeness (QED) is 0.185. The van der Waals surface area contributed by atoms with Gasteiger partial charge in [-0.2, -0.15) is 0 Å². The minimum absolute atomic E-state index is 0.0102. The van der Waals surface area contributed by atoms with Crippen LogP contribution in [0.4, 0.5) is 17.1 Å². The molecule has 9 rings (SSSR count). The monoisotopic (exact) mass is 679 g/mol. The van der Waals surface area contributed by atoms with Gasteiger partial charge in [0.1, 0.15) is 11.2 Å². The van der Waals surface area contributed by atoms with E-state index in [1.807, 2.05) is 6.07 Å². The van der Waals surface area contributed by atoms with E-state index in [2.05, 4.69) is 183 Å². The zero-order valence-electron chi connectivity index (χ0n) is 32.3. The minimum atomic E-state index is -0.171. The molecule has 52 heavy (non-hydrogen) atoms. The Morgan fingerprint density at radius 1 is 0.462 bits per heavy atom. The molecule has 0 N–H and O–H groups in total. The molecule has 2 aliphatic carbocycles. The van der Waals surface area contributed by atoms with Crippen molar-refractivity contribution in [2.24, 2.45) is 0 Å². The van der Waals surface area contributed by atoms with Gasteiger partial charge in [-0.15, -0.1) is 0 Å². The third-order valence-corrected chi connectivity index (χ3v) is 12.1. The first-order valence-electron chi connectivity index (χ1n) is 18.9. The Labute approximate surface area is 309 Å². The summed E-state index contributed by atoms with van der Waals surface area (Å²) in [5.74, 6) is 0. The molecular formula is C50H49NO. The number of rotatable bonds is 3. The Bertz CT molecular complexity index is 2600. The maximum atomic E-state index is 6.47. The lowest BCUT2D eigenvalue weighted by atomic mass is 9.71. The molecule has 0 saturated carbocycles. The molecule has 6 aromatic carbocycles. The average molecular weight is 680 g/mol. The Kier molecular flexibility index (Phi) is 6.77. The molecule has 0 aliphatic heterocycles. The van der Waals surface area contributed by atoms with Crippen molar-refractivity contribution in [3.05, 3.63) is 149 Å². The molecule has 0 radical (unpaired) electrons. The Morgan fingerprint density at radius 2 is 1.02 bits per heavy atom. The van der Waals surface area contributed by atoms with Crippen LogP contribution in [0.15, 0.2) is 120 Å². The SMILES string of the molecule is CC(C)(C)c1cc2c(c(C(C)(C)C)c1)C(C)(C)c1cc(N(c3ccc4c(c3)C(C)(C)c3ccccc3-4)c3ccc4c(c3)oc3ccccc34)ccc1-2. The second kappa shape index (κ2) is 10.7. The van der Waals surface area contributed by atoms with E-state index in [9.17, 15) is 0 Å². The molecule has 0 bridgehead atoms. The number of benzene rings is 6. The second-order valence-corrected chi connectivity index (χ2v) is 18.3. The fraction of sp³-hybridized carbons (Fsp3) is 0.280. The van der Waals surface area contributed by atoms with Gasteiger partial charge in [-0.3, -0.25) is 0 Å². The summed E-state index contributed by atoms with van der Waals surface area (Å²) in [5, 5.41) is 2.29. The lowest BCUT2D eigenvalue weighted by Crippen LogP contribution is -2.25. The van der Waals surface area contributed by atoms with Crippen molar-refractivity contribution >= 4 is 39.0 Å². The summed E-state index contributed by atoms with van der Waals surface area (Å²) in [7, 11) is 0. The van der Waals surface area contributed by atoms with Crippen LogP contribution in [-0.4, -0.2) is 0 Å². The van der Waals surface area contributed by atoms with Gasteiger partial charge in [0.25, 0.3) is 0 Å². The number of furan rings is 1. The third kappa shape index (κ3) is 4.69. The highest BCUT2D eigenvalue weighted by atomic mass is 16.3. The van der Waals surface area contributed by atoms with Gasteiger partial charge in [0.15, 0.2) is 0 Å². The summed E-state index contributed by atoms with van der Waals surface area (Å²) in [6.07, 6.45) is 0. The summed E-state index contributed by atoms with van der Waals surface area (Å²) in [6, 6.07) is 43.2. The Balaban J connectivity index is 1.27. The van der Waals surface area contributed by atoms with E-state index in [-0.39, 0.29) is 21.7 Å². The van der Waals surface area contributed by atoms with Gasteiger partial charge in [0.05, 0.1) is 0 Å². The molecule has 1 heterocycles. The first-order valence-corrected chi connectivity index (χ1v) is 18.9. The number of nitrogens with zero attached hydrogens (tertiary/aromatic N) is 1. The molecule has 260 valence electrons. The molecule has 0 atom stereocenters. The predicted octanol–water partition coefficient (Wildman–Crippen LogP) is 14.3. The number of fused-ring (bicyclic) bond motifs is 9. The van der Waals surface area contributed by atoms with Crippen LogP contribution in [0.3, 0.4) is 0 Å². The van der Waals surface area contributed by atoms with Gasteiger partial charge in [0.2, 0.25) is 0 Å². The maximum absolute atomic E-state index is 6.47. The first kappa shape index (κ1) is 32.8. The van der Waals surface area contributed by atoms with Crippen LogP contribution >= 0.6 is 0 Å². The van der Waals surface area contributed by atoms with E-state index in [0.717, 1.165) is 39.0 Å². The summed E-state index contributed by atoms with van der Waals surface area (Å²) >= 11 is 0. The van der Waals surface area contributed by atoms with Crippen molar-refractivity contribution in [2.45, 2.75) is 90.9 Å². The van der Waals surface area contributed by atoms with Gasteiger partial charge in [-0.25, -0.2) is 0 Å². The molecule has 0 amide bonds. The Hall–Kier alpha value is -5.08. The summed E-state index contributed by atoms with van der Waals surface area (Å²) in [5.41, 5.74) is 18.8. The van der Waals surface area contributed by atoms with Gasteiger partial charge in [-0.05, 0) is 109 Å². The lowest BCUT2D eigenvalue weighted by Gasteiger charge is -2.33. The van der Waals surface area contributed by atoms with E-state index in [1.54, 1.807) is 0 Å². The van der Waals surface area contributed by atoms with Gasteiger partial charge >= 0.3 is 0 Å². The number of hydrogen-bond donors (Lipinski definition) is 0. The lowest BCUT2D eigenvalue weighted by molar-refractivity contribution is 0.545. The number of anilines is 3. The fourth-order valence-corrected chi connectivity index (χ4v) is 9.24. The molecule has 2 nitrogen and oxygen atoms in total. The van der Waals surface area contributed by atoms with E-state index >= 15 is 0 Å². The highest BCUT2D eigenvalue weighted by Crippen LogP contribution is 2.56. The second-order valence-electron chi connectivity index (χ2n) is 18.3. The number of para-hydroxylation sites is 1. The first-order chi connectivity index (χ1) is 24.5. The van der Waals surface area contributed by atoms with Crippen molar-refractivity contribution in [3.63, 3.8) is 0 Å². The largest absolute Gasteiger partial charge is 0.456 e. The van der Waals surface area contributed by atoms with Crippen molar-refractivity contribution in [1.82, 2.24) is 0 Å². The summed E-state index contributed by atoms with van der Waals surface area (Å²) in [4.78, 5) is 2.44. The third-order valence-electron chi connectivity index (χ3n) is 12.1. The van der Waals surface area contributed by atoms with Crippen LogP contribution < -0.4 is 4.90 Å². The minimum Gasteiger partial charge on any atom is -0.456 e. The average Bonchev–Trinajstić information content (AvgIpc) is 3.66. The molecule has 0 spiro atoms. The zero-order chi connectivity index (χ0) is 36.5. The van der Waals surface area contributed by atoms with Crippen LogP contribution in [0.2, 0.25) is 0 Å². The van der Waals surface area contributed by atoms with Crippen molar-refractivity contribution in [1.29, 1.82) is 0 Å². The Morgan fingerprint density at radius 3 is 1.71 bits per heavy atom. The normalized spacial score (nSPS) is 15.4. The van der Waals surface area contributed by atoms with Crippen molar-refractivity contribution < 1.29 is 4.42 Å². The highest BCUT2D eigenvalue weighted by Gasteiger charge is 2.41. The highest BCUT2D eigenvalue weighted by molar-refractivity contribution is 6.06. The van der Waals surface area contributed by atoms with Crippen LogP contribution in [-0.2, 0) is 21.7 Å². The van der Waals surface area contributed by atoms with Gasteiger partial charge in [0, 0.05) is 44.7 Å². The van der Waals surface area contributed by atoms with E-state index in [1.165, 1.54) is 55.6 Å². The van der Waals surface area contributed by atoms with E-state index in [0.29, 0.717) is 0 Å². The topological polar surface area (TPSA) is 16.4 Å². The van der Waals surface area contributed by atoms with Crippen LogP contribution in [0.5, 0.6) is 0 Å². The van der Waals surface area contributed by atoms with Crippen LogP contribution in [0.1, 0.15) is 103 Å². The van der Waals surface area contributed by atoms with Crippen LogP contribution in [0.25, 0.3) is 44.2 Å². The molecular weight excluding hydrogens is 631 g/mol. The van der Waals surface area contributed by atoms with Gasteiger partial charge < -0.3 is 9.32 Å². The standard InChI is InChI=1S/C50H49NO/c1-47(2,3)30-25-39-36-23-20-32(28-42(36)50(9,10)46(39)43(26-30)48(4,5)6)51(33-21-24-38-37-16-12-14-18-44(37)52-45(38)29-33)31-19-22-35-34-15-11-13-17-40(34)49(7,8)41(35)27-31/h11-29H,1-10H3. The molecule has 2 aliphatic rings. The molecule has 2 heteroatoms. The molecule has 7 aromatic rings. The van der Waals surface area contributed by atoms with E-state index < -0.39 is 0 Å². The maximum Gasteiger partial charge on any atom is 0.137 e. The molecule has 1 aromatic heterocycles. The van der Waals surface area contributed by atoms with E-state index in [4.69, 9.17) is 4.42 Å². The summed E-state index contributed by atoms with van der Waals surface area (Å²) in [6.45, 7) is 23.7.